The maximum atomic E-state index is 12.5. The molecule has 0 spiro atoms. The lowest BCUT2D eigenvalue weighted by atomic mass is 10.1. The highest BCUT2D eigenvalue weighted by atomic mass is 16.6. The zero-order valence-electron chi connectivity index (χ0n) is 17.0. The largest absolute Gasteiger partial charge is 0.468 e. The van der Waals surface area contributed by atoms with Gasteiger partial charge in [0.2, 0.25) is 0 Å². The highest BCUT2D eigenvalue weighted by Gasteiger charge is 2.18. The van der Waals surface area contributed by atoms with Crippen molar-refractivity contribution in [2.24, 2.45) is 0 Å². The van der Waals surface area contributed by atoms with Gasteiger partial charge in [0.25, 0.3) is 17.5 Å². The molecule has 0 aliphatic carbocycles. The molecule has 0 aliphatic heterocycles. The van der Waals surface area contributed by atoms with Crippen LogP contribution < -0.4 is 16.0 Å². The van der Waals surface area contributed by atoms with E-state index in [0.717, 1.165) is 0 Å². The third-order valence-corrected chi connectivity index (χ3v) is 4.10. The smallest absolute Gasteiger partial charge is 0.325 e. The van der Waals surface area contributed by atoms with Gasteiger partial charge in [0.05, 0.1) is 18.6 Å². The van der Waals surface area contributed by atoms with Crippen molar-refractivity contribution in [3.8, 4) is 0 Å². The third-order valence-electron chi connectivity index (χ3n) is 4.10. The number of ether oxygens (including phenoxy) is 2. The van der Waals surface area contributed by atoms with E-state index in [2.05, 4.69) is 20.7 Å². The molecule has 0 unspecified atom stereocenters. The SMILES string of the molecule is COCCNc1ccc(C(=O)Nc2ccc(C(=O)NCC(=O)OC)cc2)cc1[N+](=O)[O-]. The summed E-state index contributed by atoms with van der Waals surface area (Å²) in [5, 5.41) is 19.2. The van der Waals surface area contributed by atoms with E-state index in [0.29, 0.717) is 18.8 Å². The first kappa shape index (κ1) is 23.3. The molecule has 0 aromatic heterocycles. The molecule has 164 valence electrons. The van der Waals surface area contributed by atoms with Crippen LogP contribution in [-0.4, -0.2) is 56.6 Å². The van der Waals surface area contributed by atoms with Gasteiger partial charge in [-0.15, -0.1) is 0 Å². The van der Waals surface area contributed by atoms with Crippen LogP contribution in [0.2, 0.25) is 0 Å². The van der Waals surface area contributed by atoms with E-state index in [9.17, 15) is 24.5 Å². The average Bonchev–Trinajstić information content (AvgIpc) is 2.77. The van der Waals surface area contributed by atoms with Crippen LogP contribution in [0.5, 0.6) is 0 Å². The number of esters is 1. The van der Waals surface area contributed by atoms with Gasteiger partial charge in [-0.25, -0.2) is 0 Å². The zero-order valence-corrected chi connectivity index (χ0v) is 17.0. The van der Waals surface area contributed by atoms with Gasteiger partial charge in [-0.2, -0.15) is 0 Å². The third kappa shape index (κ3) is 6.78. The molecule has 2 aromatic rings. The summed E-state index contributed by atoms with van der Waals surface area (Å²) in [6.07, 6.45) is 0. The predicted octanol–water partition coefficient (Wildman–Crippen LogP) is 1.81. The van der Waals surface area contributed by atoms with Gasteiger partial charge < -0.3 is 25.4 Å². The van der Waals surface area contributed by atoms with Gasteiger partial charge >= 0.3 is 5.97 Å². The van der Waals surface area contributed by atoms with Crippen molar-refractivity contribution in [1.82, 2.24) is 5.32 Å². The van der Waals surface area contributed by atoms with Crippen LogP contribution in [0.15, 0.2) is 42.5 Å². The minimum Gasteiger partial charge on any atom is -0.468 e. The number of carbonyl (C=O) groups is 3. The Morgan fingerprint density at radius 1 is 1.00 bits per heavy atom. The van der Waals surface area contributed by atoms with Crippen molar-refractivity contribution in [1.29, 1.82) is 0 Å². The molecule has 0 aliphatic rings. The summed E-state index contributed by atoms with van der Waals surface area (Å²) in [5.74, 6) is -1.60. The van der Waals surface area contributed by atoms with E-state index >= 15 is 0 Å². The van der Waals surface area contributed by atoms with E-state index < -0.39 is 22.7 Å². The molecule has 0 fully saturated rings. The normalized spacial score (nSPS) is 10.1. The first-order chi connectivity index (χ1) is 14.8. The number of hydrogen-bond donors (Lipinski definition) is 3. The minimum atomic E-state index is -0.578. The Morgan fingerprint density at radius 2 is 1.68 bits per heavy atom. The molecule has 3 N–H and O–H groups in total. The summed E-state index contributed by atoms with van der Waals surface area (Å²) < 4.78 is 9.35. The molecule has 11 nitrogen and oxygen atoms in total. The van der Waals surface area contributed by atoms with Gasteiger partial charge in [0.1, 0.15) is 12.2 Å². The molecule has 11 heteroatoms. The van der Waals surface area contributed by atoms with E-state index in [1.165, 1.54) is 56.7 Å². The van der Waals surface area contributed by atoms with Crippen molar-refractivity contribution < 1.29 is 28.8 Å². The lowest BCUT2D eigenvalue weighted by Gasteiger charge is -2.09. The number of nitro benzene ring substituents is 1. The lowest BCUT2D eigenvalue weighted by molar-refractivity contribution is -0.384. The van der Waals surface area contributed by atoms with Crippen LogP contribution in [0.1, 0.15) is 20.7 Å². The predicted molar refractivity (Wildman–Crippen MR) is 112 cm³/mol. The molecular weight excluding hydrogens is 408 g/mol. The number of nitrogens with zero attached hydrogens (tertiary/aromatic N) is 1. The second-order valence-electron chi connectivity index (χ2n) is 6.20. The molecular formula is C20H22N4O7. The van der Waals surface area contributed by atoms with Crippen molar-refractivity contribution >= 4 is 34.8 Å². The lowest BCUT2D eigenvalue weighted by Crippen LogP contribution is -2.30. The Bertz CT molecular complexity index is 961. The fraction of sp³-hybridized carbons (Fsp3) is 0.250. The highest BCUT2D eigenvalue weighted by Crippen LogP contribution is 2.26. The Morgan fingerprint density at radius 3 is 2.29 bits per heavy atom. The summed E-state index contributed by atoms with van der Waals surface area (Å²) in [5.41, 5.74) is 0.815. The molecule has 2 amide bonds. The highest BCUT2D eigenvalue weighted by molar-refractivity contribution is 6.05. The molecule has 31 heavy (non-hydrogen) atoms. The average molecular weight is 430 g/mol. The fourth-order valence-electron chi connectivity index (χ4n) is 2.50. The number of methoxy groups -OCH3 is 2. The number of amides is 2. The Labute approximate surface area is 177 Å². The van der Waals surface area contributed by atoms with Gasteiger partial charge in [-0.3, -0.25) is 24.5 Å². The molecule has 0 saturated carbocycles. The Kier molecular flexibility index (Phi) is 8.46. The Balaban J connectivity index is 2.05. The minimum absolute atomic E-state index is 0.101. The summed E-state index contributed by atoms with van der Waals surface area (Å²) in [6.45, 7) is 0.488. The topological polar surface area (TPSA) is 149 Å². The van der Waals surface area contributed by atoms with Crippen LogP contribution in [0.3, 0.4) is 0 Å². The van der Waals surface area contributed by atoms with Crippen LogP contribution in [0.4, 0.5) is 17.1 Å². The summed E-state index contributed by atoms with van der Waals surface area (Å²) in [4.78, 5) is 46.3. The second-order valence-corrected chi connectivity index (χ2v) is 6.20. The zero-order chi connectivity index (χ0) is 22.8. The molecule has 0 atom stereocenters. The first-order valence-electron chi connectivity index (χ1n) is 9.13. The molecule has 0 bridgehead atoms. The molecule has 0 radical (unpaired) electrons. The number of hydrogen-bond acceptors (Lipinski definition) is 8. The van der Waals surface area contributed by atoms with E-state index in [1.54, 1.807) is 0 Å². The van der Waals surface area contributed by atoms with Gasteiger partial charge in [-0.05, 0) is 36.4 Å². The molecule has 2 rings (SSSR count). The number of nitrogens with one attached hydrogen (secondary N) is 3. The number of carbonyl (C=O) groups excluding carboxylic acids is 3. The van der Waals surface area contributed by atoms with Crippen molar-refractivity contribution in [2.45, 2.75) is 0 Å². The van der Waals surface area contributed by atoms with Crippen LogP contribution in [-0.2, 0) is 14.3 Å². The maximum absolute atomic E-state index is 12.5. The summed E-state index contributed by atoms with van der Waals surface area (Å²) in [7, 11) is 2.73. The van der Waals surface area contributed by atoms with Gasteiger partial charge in [0.15, 0.2) is 0 Å². The maximum Gasteiger partial charge on any atom is 0.325 e. The Hall–Kier alpha value is -3.99. The molecule has 0 saturated heterocycles. The van der Waals surface area contributed by atoms with Crippen LogP contribution in [0.25, 0.3) is 0 Å². The number of nitro groups is 1. The molecule has 0 heterocycles. The van der Waals surface area contributed by atoms with E-state index in [1.807, 2.05) is 0 Å². The van der Waals surface area contributed by atoms with Crippen LogP contribution in [0, 0.1) is 10.1 Å². The van der Waals surface area contributed by atoms with E-state index in [4.69, 9.17) is 4.74 Å². The van der Waals surface area contributed by atoms with E-state index in [-0.39, 0.29) is 29.0 Å². The quantitative estimate of drug-likeness (QED) is 0.224. The van der Waals surface area contributed by atoms with Crippen molar-refractivity contribution in [3.05, 3.63) is 63.7 Å². The van der Waals surface area contributed by atoms with Crippen molar-refractivity contribution in [2.75, 3.05) is 44.5 Å². The number of rotatable bonds is 10. The monoisotopic (exact) mass is 430 g/mol. The standard InChI is InChI=1S/C20H22N4O7/c1-30-10-9-21-16-8-5-14(11-17(16)24(28)29)20(27)23-15-6-3-13(4-7-15)19(26)22-12-18(25)31-2/h3-8,11,21H,9-10,12H2,1-2H3,(H,22,26)(H,23,27). The number of anilines is 2. The second kappa shape index (κ2) is 11.3. The van der Waals surface area contributed by atoms with Gasteiger partial charge in [-0.1, -0.05) is 0 Å². The summed E-state index contributed by atoms with van der Waals surface area (Å²) in [6, 6.07) is 10.0. The molecule has 2 aromatic carbocycles. The summed E-state index contributed by atoms with van der Waals surface area (Å²) >= 11 is 0. The van der Waals surface area contributed by atoms with Crippen molar-refractivity contribution in [3.63, 3.8) is 0 Å². The number of benzene rings is 2. The fourth-order valence-corrected chi connectivity index (χ4v) is 2.50. The van der Waals surface area contributed by atoms with Gasteiger partial charge in [0, 0.05) is 36.5 Å². The first-order valence-corrected chi connectivity index (χ1v) is 9.13. The van der Waals surface area contributed by atoms with Crippen LogP contribution >= 0.6 is 0 Å².